The van der Waals surface area contributed by atoms with E-state index in [0.717, 1.165) is 0 Å². The van der Waals surface area contributed by atoms with Gasteiger partial charge in [-0.1, -0.05) is 24.3 Å². The predicted octanol–water partition coefficient (Wildman–Crippen LogP) is 2.10. The number of hydrogen-bond donors (Lipinski definition) is 1. The van der Waals surface area contributed by atoms with Crippen LogP contribution in [0.3, 0.4) is 0 Å². The van der Waals surface area contributed by atoms with E-state index >= 15 is 0 Å². The second kappa shape index (κ2) is 4.54. The van der Waals surface area contributed by atoms with Crippen LogP contribution in [0, 0.1) is 0 Å². The van der Waals surface area contributed by atoms with Crippen molar-refractivity contribution >= 4 is 28.6 Å². The van der Waals surface area contributed by atoms with Crippen LogP contribution in [0.2, 0.25) is 0 Å². The Kier molecular flexibility index (Phi) is 2.62. The summed E-state index contributed by atoms with van der Waals surface area (Å²) in [5.74, 6) is -1.84. The molecule has 0 radical (unpaired) electrons. The highest BCUT2D eigenvalue weighted by Crippen LogP contribution is 2.26. The summed E-state index contributed by atoms with van der Waals surface area (Å²) < 4.78 is 0. The molecule has 3 aromatic rings. The molecule has 0 fully saturated rings. The van der Waals surface area contributed by atoms with E-state index in [0.29, 0.717) is 11.1 Å². The fourth-order valence-electron chi connectivity index (χ4n) is 2.64. The Morgan fingerprint density at radius 3 is 1.96 bits per heavy atom. The molecule has 1 N–H and O–H groups in total. The first-order chi connectivity index (χ1) is 11.1. The largest absolute Gasteiger partial charge is 0.478 e. The smallest absolute Gasteiger partial charge is 0.335 e. The lowest BCUT2D eigenvalue weighted by Gasteiger charge is -2.16. The van der Waals surface area contributed by atoms with Crippen LogP contribution in [0.25, 0.3) is 11.0 Å². The normalized spacial score (nSPS) is 12.9. The summed E-state index contributed by atoms with van der Waals surface area (Å²) in [6.45, 7) is 0. The molecule has 4 rings (SSSR count). The third-order valence-corrected chi connectivity index (χ3v) is 3.76. The van der Waals surface area contributed by atoms with Gasteiger partial charge in [-0.25, -0.2) is 14.8 Å². The number of benzene rings is 2. The highest BCUT2D eigenvalue weighted by Gasteiger charge is 2.32. The Labute approximate surface area is 129 Å². The van der Waals surface area contributed by atoms with Crippen molar-refractivity contribution in [2.75, 3.05) is 0 Å². The molecule has 6 heteroatoms. The molecule has 1 aromatic heterocycles. The summed E-state index contributed by atoms with van der Waals surface area (Å²) in [5, 5.41) is 9.04. The first-order valence-corrected chi connectivity index (χ1v) is 6.80. The molecule has 1 heterocycles. The minimum Gasteiger partial charge on any atom is -0.478 e. The standard InChI is InChI=1S/C17H8N2O4/c20-15-9-3-1-2-4-10(9)16(21)14-13(15)18-11-6-5-8(17(22)23)7-12(11)19-14/h1-7H,(H,22,23). The molecule has 0 amide bonds. The van der Waals surface area contributed by atoms with Crippen molar-refractivity contribution in [3.63, 3.8) is 0 Å². The lowest BCUT2D eigenvalue weighted by Crippen LogP contribution is -2.23. The first kappa shape index (κ1) is 13.3. The third kappa shape index (κ3) is 1.85. The van der Waals surface area contributed by atoms with Gasteiger partial charge < -0.3 is 5.11 Å². The summed E-state index contributed by atoms with van der Waals surface area (Å²) in [6.07, 6.45) is 0. The zero-order chi connectivity index (χ0) is 16.1. The topological polar surface area (TPSA) is 97.2 Å². The fraction of sp³-hybridized carbons (Fsp3) is 0. The number of aromatic nitrogens is 2. The molecular weight excluding hydrogens is 296 g/mol. The molecule has 6 nitrogen and oxygen atoms in total. The number of carboxylic acid groups (broad SMARTS) is 1. The van der Waals surface area contributed by atoms with Crippen LogP contribution in [-0.4, -0.2) is 32.6 Å². The van der Waals surface area contributed by atoms with Crippen molar-refractivity contribution in [3.8, 4) is 0 Å². The van der Waals surface area contributed by atoms with Gasteiger partial charge in [-0.05, 0) is 18.2 Å². The lowest BCUT2D eigenvalue weighted by molar-refractivity contribution is 0.0696. The molecule has 0 unspecified atom stereocenters. The van der Waals surface area contributed by atoms with Crippen molar-refractivity contribution in [1.82, 2.24) is 9.97 Å². The fourth-order valence-corrected chi connectivity index (χ4v) is 2.64. The van der Waals surface area contributed by atoms with Crippen LogP contribution < -0.4 is 0 Å². The van der Waals surface area contributed by atoms with Gasteiger partial charge in [-0.3, -0.25) is 9.59 Å². The number of carbonyl (C=O) groups is 3. The quantitative estimate of drug-likeness (QED) is 0.578. The number of aromatic carboxylic acids is 1. The van der Waals surface area contributed by atoms with Crippen molar-refractivity contribution in [3.05, 3.63) is 70.5 Å². The number of carbonyl (C=O) groups excluding carboxylic acids is 2. The molecule has 0 spiro atoms. The molecular formula is C17H8N2O4. The van der Waals surface area contributed by atoms with Gasteiger partial charge in [0.15, 0.2) is 0 Å². The maximum absolute atomic E-state index is 12.5. The monoisotopic (exact) mass is 304 g/mol. The van der Waals surface area contributed by atoms with Gasteiger partial charge in [0.25, 0.3) is 0 Å². The molecule has 1 aliphatic rings. The minimum atomic E-state index is -1.10. The van der Waals surface area contributed by atoms with E-state index in [-0.39, 0.29) is 39.6 Å². The first-order valence-electron chi connectivity index (χ1n) is 6.80. The maximum Gasteiger partial charge on any atom is 0.335 e. The summed E-state index contributed by atoms with van der Waals surface area (Å²) in [7, 11) is 0. The SMILES string of the molecule is O=C(O)c1ccc2nc3c(nc2c1)C(=O)c1ccccc1C3=O. The van der Waals surface area contributed by atoms with Gasteiger partial charge in [0.05, 0.1) is 16.6 Å². The van der Waals surface area contributed by atoms with Gasteiger partial charge in [-0.15, -0.1) is 0 Å². The van der Waals surface area contributed by atoms with Gasteiger partial charge in [0.2, 0.25) is 11.6 Å². The number of hydrogen-bond acceptors (Lipinski definition) is 5. The van der Waals surface area contributed by atoms with Crippen molar-refractivity contribution in [2.24, 2.45) is 0 Å². The van der Waals surface area contributed by atoms with Crippen LogP contribution in [0.1, 0.15) is 42.5 Å². The molecule has 110 valence electrons. The third-order valence-electron chi connectivity index (χ3n) is 3.76. The van der Waals surface area contributed by atoms with Crippen LogP contribution in [-0.2, 0) is 0 Å². The van der Waals surface area contributed by atoms with Gasteiger partial charge in [0.1, 0.15) is 11.4 Å². The van der Waals surface area contributed by atoms with Gasteiger partial charge in [-0.2, -0.15) is 0 Å². The number of nitrogens with zero attached hydrogens (tertiary/aromatic N) is 2. The van der Waals surface area contributed by atoms with E-state index in [1.165, 1.54) is 18.2 Å². The number of rotatable bonds is 1. The molecule has 0 saturated heterocycles. The van der Waals surface area contributed by atoms with Crippen molar-refractivity contribution in [1.29, 1.82) is 0 Å². The predicted molar refractivity (Wildman–Crippen MR) is 79.8 cm³/mol. The Balaban J connectivity index is 2.01. The van der Waals surface area contributed by atoms with Crippen LogP contribution in [0.4, 0.5) is 0 Å². The Hall–Kier alpha value is -3.41. The zero-order valence-corrected chi connectivity index (χ0v) is 11.6. The number of carboxylic acids is 1. The van der Waals surface area contributed by atoms with E-state index < -0.39 is 5.97 Å². The van der Waals surface area contributed by atoms with E-state index in [1.54, 1.807) is 24.3 Å². The highest BCUT2D eigenvalue weighted by atomic mass is 16.4. The van der Waals surface area contributed by atoms with E-state index in [9.17, 15) is 14.4 Å². The average molecular weight is 304 g/mol. The minimum absolute atomic E-state index is 0.00396. The van der Waals surface area contributed by atoms with Crippen LogP contribution >= 0.6 is 0 Å². The Morgan fingerprint density at radius 1 is 0.826 bits per heavy atom. The van der Waals surface area contributed by atoms with Crippen LogP contribution in [0.5, 0.6) is 0 Å². The number of ketones is 2. The number of fused-ring (bicyclic) bond motifs is 3. The van der Waals surface area contributed by atoms with Gasteiger partial charge in [0, 0.05) is 11.1 Å². The molecule has 0 atom stereocenters. The summed E-state index contributed by atoms with van der Waals surface area (Å²) in [6, 6.07) is 10.7. The molecule has 0 aliphatic heterocycles. The zero-order valence-electron chi connectivity index (χ0n) is 11.6. The van der Waals surface area contributed by atoms with Crippen molar-refractivity contribution < 1.29 is 19.5 Å². The molecule has 0 saturated carbocycles. The maximum atomic E-state index is 12.5. The summed E-state index contributed by atoms with van der Waals surface area (Å²) in [4.78, 5) is 44.5. The second-order valence-corrected chi connectivity index (χ2v) is 5.13. The highest BCUT2D eigenvalue weighted by molar-refractivity contribution is 6.27. The molecule has 0 bridgehead atoms. The van der Waals surface area contributed by atoms with E-state index in [1.807, 2.05) is 0 Å². The van der Waals surface area contributed by atoms with Gasteiger partial charge >= 0.3 is 5.97 Å². The second-order valence-electron chi connectivity index (χ2n) is 5.13. The summed E-state index contributed by atoms with van der Waals surface area (Å²) >= 11 is 0. The average Bonchev–Trinajstić information content (AvgIpc) is 2.58. The lowest BCUT2D eigenvalue weighted by atomic mass is 9.89. The molecule has 2 aromatic carbocycles. The van der Waals surface area contributed by atoms with Crippen LogP contribution in [0.15, 0.2) is 42.5 Å². The Morgan fingerprint density at radius 2 is 1.39 bits per heavy atom. The Bertz CT molecular complexity index is 1040. The van der Waals surface area contributed by atoms with E-state index in [2.05, 4.69) is 9.97 Å². The molecule has 1 aliphatic carbocycles. The van der Waals surface area contributed by atoms with E-state index in [4.69, 9.17) is 5.11 Å². The summed E-state index contributed by atoms with van der Waals surface area (Å²) in [5.41, 5.74) is 1.24. The molecule has 23 heavy (non-hydrogen) atoms. The van der Waals surface area contributed by atoms with Crippen molar-refractivity contribution in [2.45, 2.75) is 0 Å².